The van der Waals surface area contributed by atoms with Gasteiger partial charge in [0.05, 0.1) is 11.8 Å². The molecule has 2 aromatic carbocycles. The average molecular weight is 810 g/mol. The fraction of sp³-hybridized carbons (Fsp3) is 0.652. The van der Waals surface area contributed by atoms with Crippen LogP contribution in [0.3, 0.4) is 0 Å². The summed E-state index contributed by atoms with van der Waals surface area (Å²) in [6, 6.07) is 13.0. The van der Waals surface area contributed by atoms with Gasteiger partial charge in [-0.2, -0.15) is 0 Å². The van der Waals surface area contributed by atoms with E-state index in [1.165, 1.54) is 6.07 Å². The molecule has 58 heavy (non-hydrogen) atoms. The Hall–Kier alpha value is -4.19. The Morgan fingerprint density at radius 1 is 0.621 bits per heavy atom. The summed E-state index contributed by atoms with van der Waals surface area (Å²) in [6.45, 7) is 24.6. The molecule has 0 bridgehead atoms. The van der Waals surface area contributed by atoms with Crippen LogP contribution in [0.5, 0.6) is 0 Å². The molecule has 4 atom stereocenters. The van der Waals surface area contributed by atoms with Crippen molar-refractivity contribution in [1.29, 1.82) is 0 Å². The van der Waals surface area contributed by atoms with E-state index < -0.39 is 52.1 Å². The SMILES string of the molecule is CC(C)(C)OC(=O)[C@@H](Cc1cccc(CNCc2ccc(F)c(C[C@H](C(=O)OC(C)(C)C)[C@H]3CCN(C(=O)OC(C)(C)C)C3)c2)c1)[C@H]1CCN(C(=O)OC(C)(C)C)C1. The quantitative estimate of drug-likeness (QED) is 0.166. The predicted octanol–water partition coefficient (Wildman–Crippen LogP) is 8.63. The Morgan fingerprint density at radius 2 is 1.05 bits per heavy atom. The van der Waals surface area contributed by atoms with Gasteiger partial charge in [0.15, 0.2) is 0 Å². The van der Waals surface area contributed by atoms with Gasteiger partial charge in [-0.15, -0.1) is 0 Å². The summed E-state index contributed by atoms with van der Waals surface area (Å²) in [6.07, 6.45) is 1.06. The molecule has 0 radical (unpaired) electrons. The number of halogens is 1. The van der Waals surface area contributed by atoms with Gasteiger partial charge in [0.25, 0.3) is 0 Å². The Labute approximate surface area is 345 Å². The lowest BCUT2D eigenvalue weighted by atomic mass is 9.85. The van der Waals surface area contributed by atoms with Crippen LogP contribution in [0.25, 0.3) is 0 Å². The Bertz CT molecular complexity index is 1750. The lowest BCUT2D eigenvalue weighted by Crippen LogP contribution is -2.38. The van der Waals surface area contributed by atoms with Crippen LogP contribution in [0.15, 0.2) is 42.5 Å². The molecule has 2 heterocycles. The summed E-state index contributed by atoms with van der Waals surface area (Å²) in [5, 5.41) is 3.47. The summed E-state index contributed by atoms with van der Waals surface area (Å²) in [7, 11) is 0. The van der Waals surface area contributed by atoms with Crippen molar-refractivity contribution < 1.29 is 42.5 Å². The van der Waals surface area contributed by atoms with Gasteiger partial charge < -0.3 is 34.1 Å². The minimum absolute atomic E-state index is 0.0793. The van der Waals surface area contributed by atoms with E-state index in [2.05, 4.69) is 11.4 Å². The molecular weight excluding hydrogens is 742 g/mol. The molecular formula is C46H68FN3O8. The maximum atomic E-state index is 15.4. The Balaban J connectivity index is 1.43. The molecule has 11 nitrogen and oxygen atoms in total. The molecule has 0 spiro atoms. The van der Waals surface area contributed by atoms with Crippen LogP contribution in [0.4, 0.5) is 14.0 Å². The highest BCUT2D eigenvalue weighted by Gasteiger charge is 2.41. The van der Waals surface area contributed by atoms with Gasteiger partial charge >= 0.3 is 24.1 Å². The predicted molar refractivity (Wildman–Crippen MR) is 221 cm³/mol. The molecule has 2 aromatic rings. The smallest absolute Gasteiger partial charge is 0.410 e. The first-order valence-corrected chi connectivity index (χ1v) is 20.7. The summed E-state index contributed by atoms with van der Waals surface area (Å²) in [4.78, 5) is 56.2. The van der Waals surface area contributed by atoms with E-state index in [1.807, 2.05) is 101 Å². The van der Waals surface area contributed by atoms with Crippen LogP contribution in [0.1, 0.15) is 118 Å². The van der Waals surface area contributed by atoms with Crippen molar-refractivity contribution in [1.82, 2.24) is 15.1 Å². The summed E-state index contributed by atoms with van der Waals surface area (Å²) >= 11 is 0. The van der Waals surface area contributed by atoms with Gasteiger partial charge in [0, 0.05) is 39.3 Å². The van der Waals surface area contributed by atoms with Gasteiger partial charge in [-0.05, 0) is 149 Å². The average Bonchev–Trinajstić information content (AvgIpc) is 3.76. The van der Waals surface area contributed by atoms with Crippen LogP contribution >= 0.6 is 0 Å². The second kappa shape index (κ2) is 18.8. The topological polar surface area (TPSA) is 124 Å². The number of hydrogen-bond donors (Lipinski definition) is 1. The van der Waals surface area contributed by atoms with Crippen LogP contribution in [0, 0.1) is 29.5 Å². The van der Waals surface area contributed by atoms with Gasteiger partial charge in [0.2, 0.25) is 0 Å². The van der Waals surface area contributed by atoms with E-state index in [-0.39, 0.29) is 30.3 Å². The number of nitrogens with one attached hydrogen (secondary N) is 1. The summed E-state index contributed by atoms with van der Waals surface area (Å²) in [5.41, 5.74) is 0.649. The lowest BCUT2D eigenvalue weighted by molar-refractivity contribution is -0.163. The Morgan fingerprint density at radius 3 is 1.52 bits per heavy atom. The number of esters is 2. The largest absolute Gasteiger partial charge is 0.460 e. The van der Waals surface area contributed by atoms with Crippen LogP contribution in [-0.2, 0) is 54.5 Å². The highest BCUT2D eigenvalue weighted by Crippen LogP contribution is 2.33. The molecule has 322 valence electrons. The normalized spacial score (nSPS) is 18.8. The van der Waals surface area contributed by atoms with Gasteiger partial charge in [-0.1, -0.05) is 36.4 Å². The maximum absolute atomic E-state index is 15.4. The molecule has 2 fully saturated rings. The van der Waals surface area contributed by atoms with E-state index in [4.69, 9.17) is 18.9 Å². The number of hydrogen-bond acceptors (Lipinski definition) is 9. The minimum Gasteiger partial charge on any atom is -0.460 e. The van der Waals surface area contributed by atoms with Crippen molar-refractivity contribution in [3.63, 3.8) is 0 Å². The monoisotopic (exact) mass is 809 g/mol. The van der Waals surface area contributed by atoms with Crippen LogP contribution < -0.4 is 5.32 Å². The molecule has 0 aliphatic carbocycles. The third-order valence-electron chi connectivity index (χ3n) is 9.97. The van der Waals surface area contributed by atoms with E-state index >= 15 is 4.39 Å². The van der Waals surface area contributed by atoms with Crippen LogP contribution in [-0.4, -0.2) is 82.5 Å². The molecule has 0 saturated carbocycles. The van der Waals surface area contributed by atoms with Crippen molar-refractivity contribution in [2.75, 3.05) is 26.2 Å². The number of nitrogens with zero attached hydrogens (tertiary/aromatic N) is 2. The zero-order valence-electron chi connectivity index (χ0n) is 37.0. The number of carbonyl (C=O) groups excluding carboxylic acids is 4. The third kappa shape index (κ3) is 14.9. The highest BCUT2D eigenvalue weighted by molar-refractivity contribution is 5.75. The standard InChI is InChI=1S/C46H68FN3O8/c1-43(2,3)55-39(51)36(33-18-20-49(28-33)41(53)57-45(7,8)9)24-30-14-13-15-31(22-30)26-48-27-32-16-17-38(47)35(23-32)25-37(40(52)56-44(4,5)6)34-19-21-50(29-34)42(54)58-46(10,11)12/h13-17,22-23,33-34,36-37,48H,18-21,24-29H2,1-12H3/t33-,34-,36-,37-/m0/s1. The van der Waals surface area contributed by atoms with E-state index in [9.17, 15) is 19.2 Å². The number of benzene rings is 2. The fourth-order valence-electron chi connectivity index (χ4n) is 7.46. The molecule has 0 unspecified atom stereocenters. The van der Waals surface area contributed by atoms with Crippen molar-refractivity contribution in [2.24, 2.45) is 23.7 Å². The molecule has 2 aliphatic rings. The first-order chi connectivity index (χ1) is 26.7. The van der Waals surface area contributed by atoms with Crippen molar-refractivity contribution >= 4 is 24.1 Å². The zero-order valence-corrected chi connectivity index (χ0v) is 37.0. The second-order valence-corrected chi connectivity index (χ2v) is 20.0. The summed E-state index contributed by atoms with van der Waals surface area (Å²) < 4.78 is 38.3. The minimum atomic E-state index is -0.726. The number of amides is 2. The van der Waals surface area contributed by atoms with Gasteiger partial charge in [-0.3, -0.25) is 9.59 Å². The molecule has 2 aliphatic heterocycles. The van der Waals surface area contributed by atoms with E-state index in [0.717, 1.165) is 16.7 Å². The molecule has 0 aromatic heterocycles. The lowest BCUT2D eigenvalue weighted by Gasteiger charge is -2.28. The number of likely N-dealkylation sites (tertiary alicyclic amines) is 2. The van der Waals surface area contributed by atoms with Crippen molar-refractivity contribution in [3.8, 4) is 0 Å². The fourth-order valence-corrected chi connectivity index (χ4v) is 7.46. The van der Waals surface area contributed by atoms with Gasteiger partial charge in [-0.25, -0.2) is 14.0 Å². The molecule has 1 N–H and O–H groups in total. The van der Waals surface area contributed by atoms with E-state index in [1.54, 1.807) is 21.9 Å². The van der Waals surface area contributed by atoms with Gasteiger partial charge in [0.1, 0.15) is 28.2 Å². The van der Waals surface area contributed by atoms with Crippen molar-refractivity contribution in [2.45, 2.75) is 144 Å². The third-order valence-corrected chi connectivity index (χ3v) is 9.97. The number of ether oxygens (including phenoxy) is 4. The van der Waals surface area contributed by atoms with Crippen LogP contribution in [0.2, 0.25) is 0 Å². The zero-order chi connectivity index (χ0) is 43.2. The highest BCUT2D eigenvalue weighted by atomic mass is 19.1. The number of carbonyl (C=O) groups is 4. The molecule has 4 rings (SSSR count). The van der Waals surface area contributed by atoms with E-state index in [0.29, 0.717) is 64.1 Å². The molecule has 2 amide bonds. The number of rotatable bonds is 12. The Kier molecular flexibility index (Phi) is 15.1. The first kappa shape index (κ1) is 46.5. The first-order valence-electron chi connectivity index (χ1n) is 20.7. The summed E-state index contributed by atoms with van der Waals surface area (Å²) in [5.74, 6) is -2.48. The molecule has 2 saturated heterocycles. The molecule has 12 heteroatoms. The maximum Gasteiger partial charge on any atom is 0.410 e. The van der Waals surface area contributed by atoms with Crippen molar-refractivity contribution in [3.05, 3.63) is 70.5 Å². The second-order valence-electron chi connectivity index (χ2n) is 20.0.